The number of para-hydroxylation sites is 1. The number of aromatic nitrogens is 1. The van der Waals surface area contributed by atoms with Crippen molar-refractivity contribution >= 4 is 22.2 Å². The van der Waals surface area contributed by atoms with Gasteiger partial charge < -0.3 is 10.6 Å². The van der Waals surface area contributed by atoms with Gasteiger partial charge in [-0.1, -0.05) is 36.5 Å². The topological polar surface area (TPSA) is 42.2 Å². The molecule has 0 saturated heterocycles. The van der Waals surface area contributed by atoms with Crippen molar-refractivity contribution in [3.05, 3.63) is 40.4 Å². The Morgan fingerprint density at radius 1 is 1.26 bits per heavy atom. The van der Waals surface area contributed by atoms with Crippen molar-refractivity contribution in [3.8, 4) is 0 Å². The fourth-order valence-corrected chi connectivity index (χ4v) is 3.30. The van der Waals surface area contributed by atoms with Crippen molar-refractivity contribution in [2.45, 2.75) is 33.7 Å². The number of rotatable bonds is 5. The number of hydrogen-bond acceptors (Lipinski definition) is 4. The first-order valence-corrected chi connectivity index (χ1v) is 7.54. The quantitative estimate of drug-likeness (QED) is 0.906. The Hall–Kier alpha value is -1.39. The normalized spacial score (nSPS) is 10.7. The molecular weight excluding hydrogens is 254 g/mol. The van der Waals surface area contributed by atoms with E-state index < -0.39 is 0 Å². The van der Waals surface area contributed by atoms with Crippen molar-refractivity contribution in [1.82, 2.24) is 4.98 Å². The second-order valence-corrected chi connectivity index (χ2v) is 5.52. The fraction of sp³-hybridized carbons (Fsp3) is 0.400. The van der Waals surface area contributed by atoms with Gasteiger partial charge in [0.2, 0.25) is 0 Å². The van der Waals surface area contributed by atoms with Gasteiger partial charge in [-0.3, -0.25) is 0 Å². The van der Waals surface area contributed by atoms with Crippen molar-refractivity contribution in [3.63, 3.8) is 0 Å². The van der Waals surface area contributed by atoms with Crippen LogP contribution in [0, 0.1) is 6.92 Å². The average molecular weight is 275 g/mol. The Morgan fingerprint density at radius 2 is 2.00 bits per heavy atom. The Kier molecular flexibility index (Phi) is 4.56. The highest BCUT2D eigenvalue weighted by molar-refractivity contribution is 7.15. The predicted octanol–water partition coefficient (Wildman–Crippen LogP) is 3.63. The van der Waals surface area contributed by atoms with Gasteiger partial charge in [0.05, 0.1) is 5.69 Å². The van der Waals surface area contributed by atoms with E-state index in [1.54, 1.807) is 11.3 Å². The summed E-state index contributed by atoms with van der Waals surface area (Å²) in [6.07, 6.45) is 0.939. The van der Waals surface area contributed by atoms with Crippen LogP contribution in [-0.2, 0) is 13.0 Å². The number of aryl methyl sites for hydroxylation is 2. The summed E-state index contributed by atoms with van der Waals surface area (Å²) >= 11 is 1.71. The zero-order chi connectivity index (χ0) is 13.8. The maximum Gasteiger partial charge on any atom is 0.190 e. The molecule has 0 aliphatic heterocycles. The van der Waals surface area contributed by atoms with E-state index in [2.05, 4.69) is 49.9 Å². The summed E-state index contributed by atoms with van der Waals surface area (Å²) in [5, 5.41) is 1.05. The highest BCUT2D eigenvalue weighted by Crippen LogP contribution is 2.33. The van der Waals surface area contributed by atoms with Gasteiger partial charge in [0.15, 0.2) is 5.13 Å². The van der Waals surface area contributed by atoms with Crippen LogP contribution < -0.4 is 10.6 Å². The molecule has 0 atom stereocenters. The van der Waals surface area contributed by atoms with Crippen LogP contribution in [0.4, 0.5) is 10.8 Å². The largest absolute Gasteiger partial charge is 0.326 e. The molecular formula is C15H21N3S. The van der Waals surface area contributed by atoms with Gasteiger partial charge >= 0.3 is 0 Å². The Balaban J connectivity index is 2.42. The molecule has 1 heterocycles. The van der Waals surface area contributed by atoms with Crippen LogP contribution in [0.1, 0.15) is 30.0 Å². The molecule has 4 heteroatoms. The van der Waals surface area contributed by atoms with Crippen molar-refractivity contribution in [1.29, 1.82) is 0 Å². The van der Waals surface area contributed by atoms with Gasteiger partial charge in [0.25, 0.3) is 0 Å². The lowest BCUT2D eigenvalue weighted by molar-refractivity contribution is 0.957. The van der Waals surface area contributed by atoms with Crippen LogP contribution in [0.15, 0.2) is 24.3 Å². The lowest BCUT2D eigenvalue weighted by atomic mass is 10.2. The number of nitrogens with two attached hydrogens (primary N) is 1. The van der Waals surface area contributed by atoms with Crippen LogP contribution in [0.2, 0.25) is 0 Å². The van der Waals surface area contributed by atoms with Gasteiger partial charge in [-0.05, 0) is 31.9 Å². The van der Waals surface area contributed by atoms with Crippen molar-refractivity contribution in [2.75, 3.05) is 11.4 Å². The third-order valence-electron chi connectivity index (χ3n) is 3.24. The lowest BCUT2D eigenvalue weighted by Gasteiger charge is -2.21. The summed E-state index contributed by atoms with van der Waals surface area (Å²) in [4.78, 5) is 8.21. The summed E-state index contributed by atoms with van der Waals surface area (Å²) in [6.45, 7) is 7.90. The molecule has 2 N–H and O–H groups in total. The standard InChI is InChI=1S/C15H21N3S/c1-4-12-14(10-16)19-15(17-12)18(5-2)13-9-7-6-8-11(13)3/h6-9H,4-5,10,16H2,1-3H3. The van der Waals surface area contributed by atoms with Crippen molar-refractivity contribution < 1.29 is 0 Å². The van der Waals surface area contributed by atoms with Crippen LogP contribution in [0.25, 0.3) is 0 Å². The summed E-state index contributed by atoms with van der Waals surface area (Å²) in [6, 6.07) is 8.42. The molecule has 2 rings (SSSR count). The molecule has 0 spiro atoms. The number of hydrogen-bond donors (Lipinski definition) is 1. The summed E-state index contributed by atoms with van der Waals surface area (Å²) in [7, 11) is 0. The second kappa shape index (κ2) is 6.17. The fourth-order valence-electron chi connectivity index (χ4n) is 2.20. The molecule has 1 aromatic carbocycles. The molecule has 0 amide bonds. The minimum atomic E-state index is 0.576. The number of anilines is 2. The molecule has 0 unspecified atom stereocenters. The summed E-state index contributed by atoms with van der Waals surface area (Å²) < 4.78 is 0. The SMILES string of the molecule is CCc1nc(N(CC)c2ccccc2C)sc1CN. The first-order valence-electron chi connectivity index (χ1n) is 6.73. The predicted molar refractivity (Wildman–Crippen MR) is 83.2 cm³/mol. The van der Waals surface area contributed by atoms with Crippen molar-refractivity contribution in [2.24, 2.45) is 5.73 Å². The van der Waals surface area contributed by atoms with E-state index >= 15 is 0 Å². The molecule has 0 saturated carbocycles. The monoisotopic (exact) mass is 275 g/mol. The molecule has 102 valence electrons. The minimum absolute atomic E-state index is 0.576. The molecule has 0 bridgehead atoms. The first-order chi connectivity index (χ1) is 9.21. The van der Waals surface area contributed by atoms with Gasteiger partial charge in [-0.2, -0.15) is 0 Å². The van der Waals surface area contributed by atoms with E-state index in [1.165, 1.54) is 16.1 Å². The molecule has 3 nitrogen and oxygen atoms in total. The summed E-state index contributed by atoms with van der Waals surface area (Å²) in [5.41, 5.74) is 9.43. The van der Waals surface area contributed by atoms with E-state index in [0.717, 1.165) is 23.8 Å². The second-order valence-electron chi connectivity index (χ2n) is 4.45. The Bertz CT molecular complexity index is 527. The molecule has 0 aliphatic carbocycles. The van der Waals surface area contributed by atoms with Gasteiger partial charge in [-0.25, -0.2) is 4.98 Å². The zero-order valence-electron chi connectivity index (χ0n) is 11.8. The zero-order valence-corrected chi connectivity index (χ0v) is 12.6. The van der Waals surface area contributed by atoms with E-state index in [0.29, 0.717) is 6.54 Å². The third-order valence-corrected chi connectivity index (χ3v) is 4.38. The third kappa shape index (κ3) is 2.80. The number of thiazole rings is 1. The van der Waals surface area contributed by atoms with E-state index in [4.69, 9.17) is 10.7 Å². The number of benzene rings is 1. The number of nitrogens with zero attached hydrogens (tertiary/aromatic N) is 2. The van der Waals surface area contributed by atoms with Crippen LogP contribution in [0.3, 0.4) is 0 Å². The van der Waals surface area contributed by atoms with E-state index in [9.17, 15) is 0 Å². The van der Waals surface area contributed by atoms with Gasteiger partial charge in [0.1, 0.15) is 0 Å². The smallest absolute Gasteiger partial charge is 0.190 e. The van der Waals surface area contributed by atoms with E-state index in [-0.39, 0.29) is 0 Å². The maximum absolute atomic E-state index is 5.80. The van der Waals surface area contributed by atoms with Crippen LogP contribution in [-0.4, -0.2) is 11.5 Å². The highest BCUT2D eigenvalue weighted by Gasteiger charge is 2.16. The lowest BCUT2D eigenvalue weighted by Crippen LogP contribution is -2.16. The minimum Gasteiger partial charge on any atom is -0.326 e. The highest BCUT2D eigenvalue weighted by atomic mass is 32.1. The molecule has 0 aliphatic rings. The van der Waals surface area contributed by atoms with Gasteiger partial charge in [-0.15, -0.1) is 0 Å². The Morgan fingerprint density at radius 3 is 2.53 bits per heavy atom. The first kappa shape index (κ1) is 14.0. The maximum atomic E-state index is 5.80. The molecule has 19 heavy (non-hydrogen) atoms. The van der Waals surface area contributed by atoms with E-state index in [1.807, 2.05) is 0 Å². The summed E-state index contributed by atoms with van der Waals surface area (Å²) in [5.74, 6) is 0. The molecule has 0 fully saturated rings. The van der Waals surface area contributed by atoms with Crippen LogP contribution >= 0.6 is 11.3 Å². The average Bonchev–Trinajstić information content (AvgIpc) is 2.85. The van der Waals surface area contributed by atoms with Gasteiger partial charge in [0, 0.05) is 23.7 Å². The van der Waals surface area contributed by atoms with Crippen LogP contribution in [0.5, 0.6) is 0 Å². The molecule has 0 radical (unpaired) electrons. The molecule has 2 aromatic rings. The Labute approximate surface area is 119 Å². The molecule has 1 aromatic heterocycles.